The molecule has 0 aliphatic carbocycles. The first-order chi connectivity index (χ1) is 5.13. The molecule has 0 unspecified atom stereocenters. The molecule has 0 aliphatic heterocycles. The Hall–Kier alpha value is -1.40. The largest absolute Gasteiger partial charge is 0.351 e. The molecule has 0 amide bonds. The van der Waals surface area contributed by atoms with E-state index in [1.807, 2.05) is 0 Å². The van der Waals surface area contributed by atoms with Crippen LogP contribution in [0.2, 0.25) is 0 Å². The van der Waals surface area contributed by atoms with Gasteiger partial charge in [0.1, 0.15) is 0 Å². The van der Waals surface area contributed by atoms with Crippen LogP contribution in [0.4, 0.5) is 0 Å². The van der Waals surface area contributed by atoms with Gasteiger partial charge in [-0.05, 0) is 0 Å². The van der Waals surface area contributed by atoms with Gasteiger partial charge in [-0.2, -0.15) is 0 Å². The molecule has 0 bridgehead atoms. The predicted octanol–water partition coefficient (Wildman–Crippen LogP) is -2.02. The Kier molecular flexibility index (Phi) is 1.88. The molecule has 0 atom stereocenters. The Bertz CT molecular complexity index is 322. The van der Waals surface area contributed by atoms with Crippen molar-refractivity contribution in [2.24, 2.45) is 0 Å². The van der Waals surface area contributed by atoms with Crippen LogP contribution in [-0.2, 0) is 0 Å². The molecule has 6 nitrogen and oxygen atoms in total. The highest BCUT2D eigenvalue weighted by Crippen LogP contribution is 1.82. The zero-order chi connectivity index (χ0) is 8.43. The summed E-state index contributed by atoms with van der Waals surface area (Å²) >= 11 is 0. The van der Waals surface area contributed by atoms with Crippen molar-refractivity contribution >= 4 is 0 Å². The first kappa shape index (κ1) is 7.70. The summed E-state index contributed by atoms with van der Waals surface area (Å²) in [4.78, 5) is 23.5. The number of aromatic nitrogens is 2. The molecule has 1 rings (SSSR count). The molecule has 60 valence electrons. The van der Waals surface area contributed by atoms with E-state index in [0.717, 1.165) is 12.3 Å². The van der Waals surface area contributed by atoms with Crippen LogP contribution in [0.1, 0.15) is 6.41 Å². The van der Waals surface area contributed by atoms with E-state index in [9.17, 15) is 9.59 Å². The summed E-state index contributed by atoms with van der Waals surface area (Å²) in [5.41, 5.74) is -1.61. The fourth-order valence-corrected chi connectivity index (χ4v) is 0.653. The minimum absolute atomic E-state index is 0.278. The lowest BCUT2D eigenvalue weighted by atomic mass is 10.6. The molecule has 1 aromatic heterocycles. The molecule has 0 saturated heterocycles. The lowest BCUT2D eigenvalue weighted by Crippen LogP contribution is -2.36. The fraction of sp³-hybridized carbons (Fsp3) is 0.200. The monoisotopic (exact) mass is 158 g/mol. The van der Waals surface area contributed by atoms with Crippen LogP contribution in [0.25, 0.3) is 0 Å². The van der Waals surface area contributed by atoms with Gasteiger partial charge in [0.15, 0.2) is 0 Å². The SMILES string of the molecule is O=c1cc[nH]c(=O)n1C(O)O. The van der Waals surface area contributed by atoms with Crippen LogP contribution in [0, 0.1) is 0 Å². The Morgan fingerprint density at radius 3 is 2.45 bits per heavy atom. The first-order valence-corrected chi connectivity index (χ1v) is 2.79. The lowest BCUT2D eigenvalue weighted by Gasteiger charge is -2.03. The highest BCUT2D eigenvalue weighted by molar-refractivity contribution is 4.82. The van der Waals surface area contributed by atoms with E-state index in [2.05, 4.69) is 4.98 Å². The summed E-state index contributed by atoms with van der Waals surface area (Å²) in [6.45, 7) is 0. The maximum atomic E-state index is 10.7. The third kappa shape index (κ3) is 1.36. The average Bonchev–Trinajstić information content (AvgIpc) is 1.85. The molecule has 0 aliphatic rings. The summed E-state index contributed by atoms with van der Waals surface area (Å²) in [5, 5.41) is 17.0. The van der Waals surface area contributed by atoms with Gasteiger partial charge in [0, 0.05) is 12.3 Å². The number of nitrogens with one attached hydrogen (secondary N) is 1. The van der Waals surface area contributed by atoms with Crippen molar-refractivity contribution in [3.63, 3.8) is 0 Å². The lowest BCUT2D eigenvalue weighted by molar-refractivity contribution is -0.107. The molecule has 3 N–H and O–H groups in total. The maximum Gasteiger partial charge on any atom is 0.332 e. The van der Waals surface area contributed by atoms with Gasteiger partial charge in [-0.15, -0.1) is 0 Å². The van der Waals surface area contributed by atoms with E-state index in [-0.39, 0.29) is 4.57 Å². The van der Waals surface area contributed by atoms with Crippen molar-refractivity contribution < 1.29 is 10.2 Å². The van der Waals surface area contributed by atoms with E-state index in [0.29, 0.717) is 0 Å². The molecular formula is C5H6N2O4. The number of aliphatic hydroxyl groups excluding tert-OH is 1. The van der Waals surface area contributed by atoms with Crippen molar-refractivity contribution in [3.8, 4) is 0 Å². The van der Waals surface area contributed by atoms with Gasteiger partial charge >= 0.3 is 5.69 Å². The summed E-state index contributed by atoms with van der Waals surface area (Å²) in [7, 11) is 0. The maximum absolute atomic E-state index is 10.7. The topological polar surface area (TPSA) is 95.3 Å². The standard InChI is InChI=1S/C5H6N2O4/c8-3-1-2-6-4(9)7(3)5(10)11/h1-2,5,10-11H,(H,6,9). The summed E-state index contributed by atoms with van der Waals surface area (Å²) < 4.78 is 0.278. The average molecular weight is 158 g/mol. The van der Waals surface area contributed by atoms with Gasteiger partial charge in [-0.3, -0.25) is 4.79 Å². The molecule has 0 fully saturated rings. The van der Waals surface area contributed by atoms with Crippen molar-refractivity contribution in [2.45, 2.75) is 6.41 Å². The van der Waals surface area contributed by atoms with Crippen LogP contribution in [0.3, 0.4) is 0 Å². The third-order valence-corrected chi connectivity index (χ3v) is 1.12. The second-order valence-electron chi connectivity index (χ2n) is 1.84. The minimum Gasteiger partial charge on any atom is -0.351 e. The van der Waals surface area contributed by atoms with Crippen LogP contribution in [0.5, 0.6) is 0 Å². The van der Waals surface area contributed by atoms with Gasteiger partial charge < -0.3 is 15.2 Å². The number of hydrogen-bond acceptors (Lipinski definition) is 4. The van der Waals surface area contributed by atoms with Gasteiger partial charge in [-0.25, -0.2) is 9.36 Å². The molecule has 6 heteroatoms. The van der Waals surface area contributed by atoms with E-state index in [1.54, 1.807) is 0 Å². The molecule has 0 saturated carbocycles. The normalized spacial score (nSPS) is 10.5. The summed E-state index contributed by atoms with van der Waals surface area (Å²) in [6.07, 6.45) is -0.962. The van der Waals surface area contributed by atoms with Crippen LogP contribution in [-0.4, -0.2) is 19.8 Å². The van der Waals surface area contributed by atoms with Gasteiger partial charge in [0.25, 0.3) is 5.56 Å². The minimum atomic E-state index is -2.09. The van der Waals surface area contributed by atoms with Crippen molar-refractivity contribution in [2.75, 3.05) is 0 Å². The Morgan fingerprint density at radius 2 is 2.09 bits per heavy atom. The Morgan fingerprint density at radius 1 is 1.45 bits per heavy atom. The van der Waals surface area contributed by atoms with Crippen LogP contribution < -0.4 is 11.2 Å². The van der Waals surface area contributed by atoms with E-state index in [1.165, 1.54) is 0 Å². The first-order valence-electron chi connectivity index (χ1n) is 2.79. The highest BCUT2D eigenvalue weighted by atomic mass is 16.5. The molecule has 0 radical (unpaired) electrons. The van der Waals surface area contributed by atoms with Crippen molar-refractivity contribution in [1.29, 1.82) is 0 Å². The highest BCUT2D eigenvalue weighted by Gasteiger charge is 2.05. The number of aromatic amines is 1. The molecule has 1 heterocycles. The number of nitrogens with zero attached hydrogens (tertiary/aromatic N) is 1. The van der Waals surface area contributed by atoms with Crippen molar-refractivity contribution in [3.05, 3.63) is 33.1 Å². The fourth-order valence-electron chi connectivity index (χ4n) is 0.653. The number of H-pyrrole nitrogens is 1. The zero-order valence-corrected chi connectivity index (χ0v) is 5.39. The molecular weight excluding hydrogens is 152 g/mol. The summed E-state index contributed by atoms with van der Waals surface area (Å²) in [6, 6.07) is 1.01. The van der Waals surface area contributed by atoms with E-state index >= 15 is 0 Å². The summed E-state index contributed by atoms with van der Waals surface area (Å²) in [5.74, 6) is 0. The van der Waals surface area contributed by atoms with Gasteiger partial charge in [-0.1, -0.05) is 0 Å². The Balaban J connectivity index is 3.45. The molecule has 0 spiro atoms. The molecule has 1 aromatic rings. The Labute approximate surface area is 60.4 Å². The van der Waals surface area contributed by atoms with Crippen LogP contribution >= 0.6 is 0 Å². The van der Waals surface area contributed by atoms with Gasteiger partial charge in [0.05, 0.1) is 0 Å². The number of hydrogen-bond donors (Lipinski definition) is 3. The predicted molar refractivity (Wildman–Crippen MR) is 34.8 cm³/mol. The van der Waals surface area contributed by atoms with Crippen LogP contribution in [0.15, 0.2) is 21.9 Å². The quantitative estimate of drug-likeness (QED) is 0.411. The molecule has 0 aromatic carbocycles. The second-order valence-corrected chi connectivity index (χ2v) is 1.84. The van der Waals surface area contributed by atoms with E-state index in [4.69, 9.17) is 10.2 Å². The molecule has 11 heavy (non-hydrogen) atoms. The smallest absolute Gasteiger partial charge is 0.332 e. The zero-order valence-electron chi connectivity index (χ0n) is 5.39. The van der Waals surface area contributed by atoms with Gasteiger partial charge in [0.2, 0.25) is 6.41 Å². The number of rotatable bonds is 1. The number of aliphatic hydroxyl groups is 2. The van der Waals surface area contributed by atoms with Crippen molar-refractivity contribution in [1.82, 2.24) is 9.55 Å². The second kappa shape index (κ2) is 2.69. The third-order valence-electron chi connectivity index (χ3n) is 1.12. The van der Waals surface area contributed by atoms with E-state index < -0.39 is 17.7 Å².